The predicted octanol–water partition coefficient (Wildman–Crippen LogP) is 3.85. The normalized spacial score (nSPS) is 11.5. The van der Waals surface area contributed by atoms with E-state index in [2.05, 4.69) is 23.4 Å². The third kappa shape index (κ3) is 3.89. The van der Waals surface area contributed by atoms with Gasteiger partial charge in [0.25, 0.3) is 0 Å². The molecular formula is C16H23ClN2O2. The zero-order valence-corrected chi connectivity index (χ0v) is 13.7. The topological polar surface area (TPSA) is 36.3 Å². The van der Waals surface area contributed by atoms with Crippen LogP contribution in [0.1, 0.15) is 26.6 Å². The summed E-state index contributed by atoms with van der Waals surface area (Å²) in [7, 11) is 0. The van der Waals surface area contributed by atoms with E-state index in [1.807, 2.05) is 25.1 Å². The van der Waals surface area contributed by atoms with Crippen LogP contribution in [0.3, 0.4) is 0 Å². The van der Waals surface area contributed by atoms with Crippen LogP contribution >= 0.6 is 11.6 Å². The summed E-state index contributed by atoms with van der Waals surface area (Å²) in [5.74, 6) is 2.58. The summed E-state index contributed by atoms with van der Waals surface area (Å²) >= 11 is 6.03. The van der Waals surface area contributed by atoms with Gasteiger partial charge < -0.3 is 14.0 Å². The summed E-state index contributed by atoms with van der Waals surface area (Å²) in [6.45, 7) is 9.06. The lowest BCUT2D eigenvalue weighted by atomic mass is 10.2. The lowest BCUT2D eigenvalue weighted by Crippen LogP contribution is -2.11. The number of nitrogens with zero attached hydrogens (tertiary/aromatic N) is 2. The second-order valence-corrected chi connectivity index (χ2v) is 5.61. The Hall–Kier alpha value is -1.26. The quantitative estimate of drug-likeness (QED) is 0.549. The molecule has 0 unspecified atom stereocenters. The zero-order chi connectivity index (χ0) is 15.2. The summed E-state index contributed by atoms with van der Waals surface area (Å²) in [5.41, 5.74) is 1.92. The average molecular weight is 311 g/mol. The molecule has 0 aliphatic heterocycles. The van der Waals surface area contributed by atoms with Crippen LogP contribution in [-0.2, 0) is 17.2 Å². The van der Waals surface area contributed by atoms with Crippen LogP contribution in [0.25, 0.3) is 11.0 Å². The van der Waals surface area contributed by atoms with E-state index >= 15 is 0 Å². The summed E-state index contributed by atoms with van der Waals surface area (Å²) in [5, 5.41) is 0. The second kappa shape index (κ2) is 7.66. The molecule has 21 heavy (non-hydrogen) atoms. The van der Waals surface area contributed by atoms with Gasteiger partial charge in [0.15, 0.2) is 0 Å². The van der Waals surface area contributed by atoms with Gasteiger partial charge in [-0.15, -0.1) is 11.6 Å². The SMILES string of the molecule is CCOc1cccc2c1nc(CCl)n2CCOCC(C)C. The van der Waals surface area contributed by atoms with E-state index in [0.29, 0.717) is 25.0 Å². The van der Waals surface area contributed by atoms with Crippen molar-refractivity contribution < 1.29 is 9.47 Å². The smallest absolute Gasteiger partial charge is 0.147 e. The van der Waals surface area contributed by atoms with Crippen molar-refractivity contribution in [2.24, 2.45) is 5.92 Å². The van der Waals surface area contributed by atoms with Crippen LogP contribution < -0.4 is 4.74 Å². The summed E-state index contributed by atoms with van der Waals surface area (Å²) in [4.78, 5) is 4.61. The number of hydrogen-bond donors (Lipinski definition) is 0. The highest BCUT2D eigenvalue weighted by atomic mass is 35.5. The molecule has 0 saturated heterocycles. The Bertz CT molecular complexity index is 581. The lowest BCUT2D eigenvalue weighted by Gasteiger charge is -2.10. The molecule has 0 bridgehead atoms. The standard InChI is InChI=1S/C16H23ClN2O2/c1-4-21-14-7-5-6-13-16(14)18-15(10-17)19(13)8-9-20-11-12(2)3/h5-7,12H,4,8-11H2,1-3H3. The molecule has 0 fully saturated rings. The maximum Gasteiger partial charge on any atom is 0.147 e. The number of fused-ring (bicyclic) bond motifs is 1. The molecule has 0 saturated carbocycles. The van der Waals surface area contributed by atoms with Crippen LogP contribution in [0.5, 0.6) is 5.75 Å². The van der Waals surface area contributed by atoms with Crippen molar-refractivity contribution in [1.82, 2.24) is 9.55 Å². The van der Waals surface area contributed by atoms with Gasteiger partial charge in [0.05, 0.1) is 24.6 Å². The fourth-order valence-corrected chi connectivity index (χ4v) is 2.47. The van der Waals surface area contributed by atoms with Crippen LogP contribution in [-0.4, -0.2) is 29.4 Å². The third-order valence-corrected chi connectivity index (χ3v) is 3.39. The fourth-order valence-electron chi connectivity index (χ4n) is 2.27. The van der Waals surface area contributed by atoms with Gasteiger partial charge in [-0.25, -0.2) is 4.98 Å². The zero-order valence-electron chi connectivity index (χ0n) is 12.9. The number of benzene rings is 1. The van der Waals surface area contributed by atoms with Crippen molar-refractivity contribution >= 4 is 22.6 Å². The molecule has 0 amide bonds. The largest absolute Gasteiger partial charge is 0.492 e. The third-order valence-electron chi connectivity index (χ3n) is 3.15. The highest BCUT2D eigenvalue weighted by Crippen LogP contribution is 2.26. The van der Waals surface area contributed by atoms with Crippen molar-refractivity contribution in [3.8, 4) is 5.75 Å². The molecule has 1 heterocycles. The van der Waals surface area contributed by atoms with E-state index in [1.54, 1.807) is 0 Å². The van der Waals surface area contributed by atoms with Crippen molar-refractivity contribution in [2.75, 3.05) is 19.8 Å². The number of aromatic nitrogens is 2. The number of alkyl halides is 1. The first-order chi connectivity index (χ1) is 10.2. The van der Waals surface area contributed by atoms with Crippen molar-refractivity contribution in [1.29, 1.82) is 0 Å². The molecule has 0 atom stereocenters. The van der Waals surface area contributed by atoms with Gasteiger partial charge in [-0.1, -0.05) is 19.9 Å². The lowest BCUT2D eigenvalue weighted by molar-refractivity contribution is 0.103. The van der Waals surface area contributed by atoms with Gasteiger partial charge >= 0.3 is 0 Å². The molecule has 1 aromatic heterocycles. The molecule has 0 aliphatic rings. The van der Waals surface area contributed by atoms with E-state index in [0.717, 1.165) is 35.8 Å². The van der Waals surface area contributed by atoms with Gasteiger partial charge in [-0.05, 0) is 25.0 Å². The molecule has 0 N–H and O–H groups in total. The first-order valence-corrected chi connectivity index (χ1v) is 7.95. The van der Waals surface area contributed by atoms with E-state index < -0.39 is 0 Å². The Morgan fingerprint density at radius 3 is 2.81 bits per heavy atom. The van der Waals surface area contributed by atoms with E-state index in [-0.39, 0.29) is 0 Å². The van der Waals surface area contributed by atoms with Crippen LogP contribution in [0, 0.1) is 5.92 Å². The van der Waals surface area contributed by atoms with E-state index in [1.165, 1.54) is 0 Å². The molecule has 2 aromatic rings. The number of ether oxygens (including phenoxy) is 2. The highest BCUT2D eigenvalue weighted by molar-refractivity contribution is 6.16. The van der Waals surface area contributed by atoms with Crippen molar-refractivity contribution in [3.05, 3.63) is 24.0 Å². The highest BCUT2D eigenvalue weighted by Gasteiger charge is 2.13. The first-order valence-electron chi connectivity index (χ1n) is 7.42. The Kier molecular flexibility index (Phi) is 5.88. The van der Waals surface area contributed by atoms with Gasteiger partial charge in [-0.2, -0.15) is 0 Å². The average Bonchev–Trinajstić information content (AvgIpc) is 2.83. The van der Waals surface area contributed by atoms with Crippen LogP contribution in [0.2, 0.25) is 0 Å². The van der Waals surface area contributed by atoms with Gasteiger partial charge in [-0.3, -0.25) is 0 Å². The van der Waals surface area contributed by atoms with Gasteiger partial charge in [0, 0.05) is 13.2 Å². The summed E-state index contributed by atoms with van der Waals surface area (Å²) in [6.07, 6.45) is 0. The first kappa shape index (κ1) is 16.1. The number of rotatable bonds is 8. The van der Waals surface area contributed by atoms with Crippen molar-refractivity contribution in [2.45, 2.75) is 33.2 Å². The maximum atomic E-state index is 6.03. The number of imidazole rings is 1. The Morgan fingerprint density at radius 2 is 2.14 bits per heavy atom. The molecule has 0 spiro atoms. The van der Waals surface area contributed by atoms with Crippen LogP contribution in [0.4, 0.5) is 0 Å². The molecule has 1 aromatic carbocycles. The van der Waals surface area contributed by atoms with E-state index in [9.17, 15) is 0 Å². The van der Waals surface area contributed by atoms with Crippen molar-refractivity contribution in [3.63, 3.8) is 0 Å². The molecular weight excluding hydrogens is 288 g/mol. The number of para-hydroxylation sites is 1. The Morgan fingerprint density at radius 1 is 1.33 bits per heavy atom. The molecule has 116 valence electrons. The van der Waals surface area contributed by atoms with Gasteiger partial charge in [0.1, 0.15) is 17.1 Å². The second-order valence-electron chi connectivity index (χ2n) is 5.34. The van der Waals surface area contributed by atoms with Crippen LogP contribution in [0.15, 0.2) is 18.2 Å². The monoisotopic (exact) mass is 310 g/mol. The fraction of sp³-hybridized carbons (Fsp3) is 0.562. The maximum absolute atomic E-state index is 6.03. The number of hydrogen-bond acceptors (Lipinski definition) is 3. The molecule has 2 rings (SSSR count). The Labute approximate surface area is 131 Å². The molecule has 0 radical (unpaired) electrons. The Balaban J connectivity index is 2.22. The van der Waals surface area contributed by atoms with E-state index in [4.69, 9.17) is 21.1 Å². The summed E-state index contributed by atoms with van der Waals surface area (Å²) < 4.78 is 13.4. The minimum Gasteiger partial charge on any atom is -0.492 e. The predicted molar refractivity (Wildman–Crippen MR) is 86.1 cm³/mol. The minimum absolute atomic E-state index is 0.379. The summed E-state index contributed by atoms with van der Waals surface area (Å²) in [6, 6.07) is 5.97. The van der Waals surface area contributed by atoms with Gasteiger partial charge in [0.2, 0.25) is 0 Å². The number of halogens is 1. The molecule has 5 heteroatoms. The minimum atomic E-state index is 0.379. The molecule has 4 nitrogen and oxygen atoms in total. The molecule has 0 aliphatic carbocycles.